The van der Waals surface area contributed by atoms with Crippen molar-refractivity contribution in [1.29, 1.82) is 0 Å². The predicted molar refractivity (Wildman–Crippen MR) is 113 cm³/mol. The molecular formula is C21H30N4O5. The molecule has 4 N–H and O–H groups in total. The fraction of sp³-hybridized carbons (Fsp3) is 0.476. The van der Waals surface area contributed by atoms with Crippen molar-refractivity contribution in [2.24, 2.45) is 0 Å². The standard InChI is InChI=1S/C13H16N2O3.C8H14N2O2/c1-3-8(7-18-2)15-12(16)9-5-4-6-10(14)11(9)13(15)17;1-8(2,3)6-5(9)7(11-4)12-10-6/h4-6,8H,3,7,14H2,1-2H3;9H2,1-4H3. The third kappa shape index (κ3) is 4.40. The van der Waals surface area contributed by atoms with E-state index >= 15 is 0 Å². The number of anilines is 2. The number of nitrogen functional groups attached to an aromatic ring is 2. The quantitative estimate of drug-likeness (QED) is 0.559. The summed E-state index contributed by atoms with van der Waals surface area (Å²) in [7, 11) is 3.05. The number of hydrogen-bond acceptors (Lipinski definition) is 8. The Hall–Kier alpha value is -3.07. The van der Waals surface area contributed by atoms with Crippen molar-refractivity contribution in [1.82, 2.24) is 10.1 Å². The number of nitrogens with two attached hydrogens (primary N) is 2. The molecule has 30 heavy (non-hydrogen) atoms. The Morgan fingerprint density at radius 1 is 1.17 bits per heavy atom. The number of aromatic nitrogens is 1. The molecule has 0 bridgehead atoms. The van der Waals surface area contributed by atoms with Gasteiger partial charge in [0.1, 0.15) is 11.4 Å². The molecule has 0 aliphatic carbocycles. The average Bonchev–Trinajstić information content (AvgIpc) is 3.19. The first-order valence-electron chi connectivity index (χ1n) is 9.63. The molecule has 3 rings (SSSR count). The number of hydrogen-bond donors (Lipinski definition) is 2. The lowest BCUT2D eigenvalue weighted by atomic mass is 9.91. The summed E-state index contributed by atoms with van der Waals surface area (Å²) in [5.74, 6) is -0.317. The van der Waals surface area contributed by atoms with Crippen molar-refractivity contribution in [3.8, 4) is 5.95 Å². The molecule has 0 spiro atoms. The number of nitrogens with zero attached hydrogens (tertiary/aromatic N) is 2. The maximum absolute atomic E-state index is 12.3. The van der Waals surface area contributed by atoms with Crippen LogP contribution in [-0.2, 0) is 10.2 Å². The highest BCUT2D eigenvalue weighted by Crippen LogP contribution is 2.33. The number of amides is 2. The largest absolute Gasteiger partial charge is 0.466 e. The van der Waals surface area contributed by atoms with Crippen LogP contribution in [-0.4, -0.2) is 48.7 Å². The zero-order chi connectivity index (χ0) is 22.6. The molecule has 0 fully saturated rings. The molecule has 164 valence electrons. The third-order valence-electron chi connectivity index (χ3n) is 4.76. The van der Waals surface area contributed by atoms with E-state index in [4.69, 9.17) is 25.5 Å². The Labute approximate surface area is 176 Å². The molecule has 1 aliphatic heterocycles. The SMILES string of the molecule is CCC(COC)N1C(=O)c2cccc(N)c2C1=O.COc1onc(C(C)(C)C)c1N. The summed E-state index contributed by atoms with van der Waals surface area (Å²) in [4.78, 5) is 25.8. The molecule has 1 aliphatic rings. The molecule has 1 aromatic heterocycles. The van der Waals surface area contributed by atoms with Crippen LogP contribution in [0.3, 0.4) is 0 Å². The minimum Gasteiger partial charge on any atom is -0.466 e. The van der Waals surface area contributed by atoms with E-state index in [1.807, 2.05) is 27.7 Å². The Morgan fingerprint density at radius 3 is 2.27 bits per heavy atom. The smallest absolute Gasteiger partial charge is 0.334 e. The van der Waals surface area contributed by atoms with E-state index in [0.29, 0.717) is 41.5 Å². The zero-order valence-electron chi connectivity index (χ0n) is 18.3. The van der Waals surface area contributed by atoms with Gasteiger partial charge in [-0.25, -0.2) is 0 Å². The Kier molecular flexibility index (Phi) is 7.09. The maximum atomic E-state index is 12.3. The monoisotopic (exact) mass is 418 g/mol. The summed E-state index contributed by atoms with van der Waals surface area (Å²) in [5.41, 5.74) is 13.7. The molecule has 2 aromatic rings. The molecule has 1 aromatic carbocycles. The summed E-state index contributed by atoms with van der Waals surface area (Å²) < 4.78 is 14.8. The van der Waals surface area contributed by atoms with Gasteiger partial charge in [0.15, 0.2) is 0 Å². The van der Waals surface area contributed by atoms with Crippen LogP contribution in [0.5, 0.6) is 5.95 Å². The van der Waals surface area contributed by atoms with Gasteiger partial charge in [0.05, 0.1) is 30.9 Å². The Bertz CT molecular complexity index is 917. The summed E-state index contributed by atoms with van der Waals surface area (Å²) in [5, 5.41) is 3.83. The number of methoxy groups -OCH3 is 2. The van der Waals surface area contributed by atoms with Gasteiger partial charge in [-0.3, -0.25) is 14.5 Å². The van der Waals surface area contributed by atoms with E-state index in [2.05, 4.69) is 5.16 Å². The molecule has 1 atom stereocenters. The second-order valence-electron chi connectivity index (χ2n) is 7.95. The minimum absolute atomic E-state index is 0.107. The highest BCUT2D eigenvalue weighted by Gasteiger charge is 2.40. The lowest BCUT2D eigenvalue weighted by Gasteiger charge is -2.24. The molecular weight excluding hydrogens is 388 g/mol. The first-order valence-corrected chi connectivity index (χ1v) is 9.63. The topological polar surface area (TPSA) is 134 Å². The van der Waals surface area contributed by atoms with Crippen molar-refractivity contribution >= 4 is 23.2 Å². The van der Waals surface area contributed by atoms with E-state index in [1.54, 1.807) is 25.3 Å². The van der Waals surface area contributed by atoms with Crippen LogP contribution in [0, 0.1) is 0 Å². The van der Waals surface area contributed by atoms with Gasteiger partial charge >= 0.3 is 5.95 Å². The van der Waals surface area contributed by atoms with Gasteiger partial charge in [0, 0.05) is 18.2 Å². The third-order valence-corrected chi connectivity index (χ3v) is 4.76. The number of imide groups is 1. The predicted octanol–water partition coefficient (Wildman–Crippen LogP) is 2.85. The summed E-state index contributed by atoms with van der Waals surface area (Å²) in [6.45, 7) is 8.29. The lowest BCUT2D eigenvalue weighted by molar-refractivity contribution is 0.0466. The zero-order valence-corrected chi connectivity index (χ0v) is 18.3. The second-order valence-corrected chi connectivity index (χ2v) is 7.95. The van der Waals surface area contributed by atoms with Crippen LogP contribution in [0.1, 0.15) is 60.5 Å². The van der Waals surface area contributed by atoms with Gasteiger partial charge in [0.25, 0.3) is 11.8 Å². The van der Waals surface area contributed by atoms with Crippen molar-refractivity contribution in [3.63, 3.8) is 0 Å². The lowest BCUT2D eigenvalue weighted by Crippen LogP contribution is -2.42. The van der Waals surface area contributed by atoms with E-state index in [9.17, 15) is 9.59 Å². The number of rotatable bonds is 5. The van der Waals surface area contributed by atoms with Gasteiger partial charge in [-0.2, -0.15) is 0 Å². The van der Waals surface area contributed by atoms with Gasteiger partial charge in [-0.05, 0) is 18.6 Å². The highest BCUT2D eigenvalue weighted by molar-refractivity contribution is 6.23. The van der Waals surface area contributed by atoms with Crippen molar-refractivity contribution < 1.29 is 23.6 Å². The summed E-state index contributed by atoms with van der Waals surface area (Å²) in [6.07, 6.45) is 0.652. The van der Waals surface area contributed by atoms with Crippen LogP contribution in [0.4, 0.5) is 11.4 Å². The average molecular weight is 418 g/mol. The number of carbonyl (C=O) groups excluding carboxylic acids is 2. The number of fused-ring (bicyclic) bond motifs is 1. The molecule has 0 radical (unpaired) electrons. The van der Waals surface area contributed by atoms with Crippen LogP contribution in [0.2, 0.25) is 0 Å². The number of ether oxygens (including phenoxy) is 2. The Balaban J connectivity index is 0.000000232. The molecule has 2 amide bonds. The highest BCUT2D eigenvalue weighted by atomic mass is 16.6. The normalized spacial score (nSPS) is 14.3. The van der Waals surface area contributed by atoms with Crippen molar-refractivity contribution in [2.45, 2.75) is 45.6 Å². The van der Waals surface area contributed by atoms with Gasteiger partial charge < -0.3 is 25.5 Å². The van der Waals surface area contributed by atoms with Gasteiger partial charge in [0.2, 0.25) is 0 Å². The van der Waals surface area contributed by atoms with Gasteiger partial charge in [-0.15, -0.1) is 0 Å². The van der Waals surface area contributed by atoms with E-state index < -0.39 is 0 Å². The first kappa shape index (κ1) is 23.2. The van der Waals surface area contributed by atoms with E-state index in [1.165, 1.54) is 12.0 Å². The molecule has 0 saturated heterocycles. The fourth-order valence-corrected chi connectivity index (χ4v) is 3.20. The molecule has 0 saturated carbocycles. The number of benzene rings is 1. The maximum Gasteiger partial charge on any atom is 0.334 e. The summed E-state index contributed by atoms with van der Waals surface area (Å²) in [6, 6.07) is 4.69. The van der Waals surface area contributed by atoms with Crippen LogP contribution in [0.15, 0.2) is 22.7 Å². The molecule has 9 nitrogen and oxygen atoms in total. The molecule has 9 heteroatoms. The summed E-state index contributed by atoms with van der Waals surface area (Å²) >= 11 is 0. The van der Waals surface area contributed by atoms with Crippen molar-refractivity contribution in [2.75, 3.05) is 32.3 Å². The van der Waals surface area contributed by atoms with E-state index in [-0.39, 0.29) is 23.3 Å². The van der Waals surface area contributed by atoms with E-state index in [0.717, 1.165) is 5.69 Å². The second kappa shape index (κ2) is 9.17. The van der Waals surface area contributed by atoms with Crippen LogP contribution >= 0.6 is 0 Å². The van der Waals surface area contributed by atoms with Crippen LogP contribution < -0.4 is 16.2 Å². The number of carbonyl (C=O) groups is 2. The van der Waals surface area contributed by atoms with Crippen LogP contribution in [0.25, 0.3) is 0 Å². The molecule has 1 unspecified atom stereocenters. The Morgan fingerprint density at radius 2 is 1.83 bits per heavy atom. The molecule has 2 heterocycles. The first-order chi connectivity index (χ1) is 14.1. The van der Waals surface area contributed by atoms with Gasteiger partial charge in [-0.1, -0.05) is 38.9 Å². The fourth-order valence-electron chi connectivity index (χ4n) is 3.20. The minimum atomic E-state index is -0.322. The van der Waals surface area contributed by atoms with Crippen molar-refractivity contribution in [3.05, 3.63) is 35.0 Å².